The molecule has 0 aliphatic carbocycles. The minimum atomic E-state index is -2.87. The Kier molecular flexibility index (Phi) is 6.87. The highest BCUT2D eigenvalue weighted by atomic mass is 28.3. The first kappa shape index (κ1) is 22.4. The highest BCUT2D eigenvalue weighted by Crippen LogP contribution is 2.41. The Morgan fingerprint density at radius 3 is 1.64 bits per heavy atom. The highest BCUT2D eigenvalue weighted by molar-refractivity contribution is 7.10. The standard InChI is InChI=1S/C24H31FOSi2/c1-24(2,3)28(20-13-9-7-10-14-20,21-15-11-8-12-16-21)23(22(25)19-26)17-18-27(4,5)6/h7-16,26H,19H2,1-6H3/b23-22-. The lowest BCUT2D eigenvalue weighted by Crippen LogP contribution is -2.66. The van der Waals surface area contributed by atoms with Gasteiger partial charge in [0.15, 0.2) is 8.07 Å². The maximum absolute atomic E-state index is 15.3. The van der Waals surface area contributed by atoms with Gasteiger partial charge in [-0.3, -0.25) is 0 Å². The van der Waals surface area contributed by atoms with Crippen molar-refractivity contribution >= 4 is 26.5 Å². The average molecular weight is 411 g/mol. The van der Waals surface area contributed by atoms with Crippen LogP contribution in [0.3, 0.4) is 0 Å². The lowest BCUT2D eigenvalue weighted by atomic mass is 10.2. The summed E-state index contributed by atoms with van der Waals surface area (Å²) in [5.74, 6) is 2.77. The molecule has 0 aliphatic heterocycles. The zero-order valence-electron chi connectivity index (χ0n) is 17.8. The third-order valence-electron chi connectivity index (χ3n) is 4.89. The van der Waals surface area contributed by atoms with E-state index in [-0.39, 0.29) is 5.04 Å². The van der Waals surface area contributed by atoms with Crippen molar-refractivity contribution in [1.82, 2.24) is 0 Å². The molecule has 0 aromatic heterocycles. The van der Waals surface area contributed by atoms with Gasteiger partial charge < -0.3 is 5.11 Å². The van der Waals surface area contributed by atoms with Crippen molar-refractivity contribution in [1.29, 1.82) is 0 Å². The minimum absolute atomic E-state index is 0.258. The van der Waals surface area contributed by atoms with Gasteiger partial charge in [0.1, 0.15) is 13.9 Å². The van der Waals surface area contributed by atoms with Crippen LogP contribution in [-0.4, -0.2) is 27.9 Å². The smallest absolute Gasteiger partial charge is 0.167 e. The summed E-state index contributed by atoms with van der Waals surface area (Å²) >= 11 is 0. The van der Waals surface area contributed by atoms with Gasteiger partial charge in [0.25, 0.3) is 0 Å². The van der Waals surface area contributed by atoms with Crippen LogP contribution in [0.15, 0.2) is 71.7 Å². The fourth-order valence-electron chi connectivity index (χ4n) is 3.77. The monoisotopic (exact) mass is 410 g/mol. The molecule has 0 amide bonds. The van der Waals surface area contributed by atoms with E-state index in [4.69, 9.17) is 0 Å². The van der Waals surface area contributed by atoms with Gasteiger partial charge in [-0.05, 0) is 15.4 Å². The predicted octanol–water partition coefficient (Wildman–Crippen LogP) is 4.69. The molecule has 2 aromatic rings. The molecule has 0 aliphatic rings. The molecule has 1 nitrogen and oxygen atoms in total. The third-order valence-corrected chi connectivity index (χ3v) is 11.6. The molecule has 0 bridgehead atoms. The van der Waals surface area contributed by atoms with E-state index in [1.54, 1.807) is 0 Å². The van der Waals surface area contributed by atoms with Crippen molar-refractivity contribution in [3.05, 3.63) is 71.7 Å². The Labute approximate surface area is 171 Å². The van der Waals surface area contributed by atoms with E-state index < -0.39 is 28.6 Å². The number of allylic oxidation sites excluding steroid dienone is 1. The predicted molar refractivity (Wildman–Crippen MR) is 124 cm³/mol. The van der Waals surface area contributed by atoms with Crippen LogP contribution in [0.5, 0.6) is 0 Å². The zero-order chi connectivity index (χ0) is 21.0. The van der Waals surface area contributed by atoms with Crippen molar-refractivity contribution in [2.45, 2.75) is 45.5 Å². The summed E-state index contributed by atoms with van der Waals surface area (Å²) in [7, 11) is -4.61. The van der Waals surface area contributed by atoms with E-state index in [0.717, 1.165) is 10.4 Å². The molecule has 2 aromatic carbocycles. The molecule has 0 saturated heterocycles. The Balaban J connectivity index is 3.03. The number of benzene rings is 2. The van der Waals surface area contributed by atoms with E-state index >= 15 is 4.39 Å². The van der Waals surface area contributed by atoms with Crippen LogP contribution in [0.2, 0.25) is 24.7 Å². The Morgan fingerprint density at radius 2 is 1.32 bits per heavy atom. The van der Waals surface area contributed by atoms with Crippen LogP contribution >= 0.6 is 0 Å². The molecule has 28 heavy (non-hydrogen) atoms. The molecule has 4 heteroatoms. The number of halogens is 1. The quantitative estimate of drug-likeness (QED) is 0.573. The molecule has 0 atom stereocenters. The van der Waals surface area contributed by atoms with Crippen molar-refractivity contribution in [3.63, 3.8) is 0 Å². The van der Waals surface area contributed by atoms with Gasteiger partial charge in [-0.15, -0.1) is 5.54 Å². The summed E-state index contributed by atoms with van der Waals surface area (Å²) in [5.41, 5.74) is 3.37. The molecule has 148 valence electrons. The third kappa shape index (κ3) is 4.55. The fourth-order valence-corrected chi connectivity index (χ4v) is 9.91. The van der Waals surface area contributed by atoms with Gasteiger partial charge >= 0.3 is 0 Å². The Bertz CT molecular complexity index is 840. The first-order valence-corrected chi connectivity index (χ1v) is 15.2. The highest BCUT2D eigenvalue weighted by Gasteiger charge is 2.51. The number of hydrogen-bond donors (Lipinski definition) is 1. The molecule has 0 radical (unpaired) electrons. The molecular formula is C24H31FOSi2. The second kappa shape index (κ2) is 8.61. The lowest BCUT2D eigenvalue weighted by molar-refractivity contribution is 0.297. The summed E-state index contributed by atoms with van der Waals surface area (Å²) in [6.45, 7) is 12.3. The number of aliphatic hydroxyl groups is 1. The van der Waals surface area contributed by atoms with Crippen LogP contribution in [0.25, 0.3) is 0 Å². The van der Waals surface area contributed by atoms with Gasteiger partial charge in [0, 0.05) is 5.20 Å². The molecule has 0 heterocycles. The van der Waals surface area contributed by atoms with Gasteiger partial charge in [0.2, 0.25) is 0 Å². The molecule has 1 N–H and O–H groups in total. The molecule has 0 unspecified atom stereocenters. The van der Waals surface area contributed by atoms with E-state index in [2.05, 4.69) is 76.1 Å². The van der Waals surface area contributed by atoms with Crippen LogP contribution < -0.4 is 10.4 Å². The zero-order valence-corrected chi connectivity index (χ0v) is 19.8. The van der Waals surface area contributed by atoms with Crippen LogP contribution in [-0.2, 0) is 0 Å². The second-order valence-corrected chi connectivity index (χ2v) is 18.6. The Hall–Kier alpha value is -1.94. The summed E-state index contributed by atoms with van der Waals surface area (Å²) in [4.78, 5) is 0. The van der Waals surface area contributed by atoms with E-state index in [1.165, 1.54) is 0 Å². The fraction of sp³-hybridized carbons (Fsp3) is 0.333. The molecule has 0 saturated carbocycles. The van der Waals surface area contributed by atoms with E-state index in [1.807, 2.05) is 36.4 Å². The molecule has 0 spiro atoms. The number of aliphatic hydroxyl groups excluding tert-OH is 1. The van der Waals surface area contributed by atoms with Crippen molar-refractivity contribution in [2.75, 3.05) is 6.61 Å². The summed E-state index contributed by atoms with van der Waals surface area (Å²) in [6.07, 6.45) is 0. The maximum Gasteiger partial charge on any atom is 0.167 e. The molecular weight excluding hydrogens is 379 g/mol. The van der Waals surface area contributed by atoms with Crippen LogP contribution in [0, 0.1) is 11.5 Å². The van der Waals surface area contributed by atoms with Crippen molar-refractivity contribution in [2.24, 2.45) is 0 Å². The van der Waals surface area contributed by atoms with Crippen LogP contribution in [0.4, 0.5) is 4.39 Å². The topological polar surface area (TPSA) is 20.2 Å². The summed E-state index contributed by atoms with van der Waals surface area (Å²) in [5, 5.41) is 12.3. The van der Waals surface area contributed by atoms with Gasteiger partial charge in [0.05, 0.1) is 6.61 Å². The minimum Gasteiger partial charge on any atom is -0.389 e. The second-order valence-electron chi connectivity index (χ2n) is 9.17. The average Bonchev–Trinajstić information content (AvgIpc) is 2.64. The van der Waals surface area contributed by atoms with Gasteiger partial charge in [-0.2, -0.15) is 0 Å². The Morgan fingerprint density at radius 1 is 0.893 bits per heavy atom. The van der Waals surface area contributed by atoms with Gasteiger partial charge in [-0.1, -0.05) is 107 Å². The SMILES string of the molecule is CC(C)(C)[Si](/C(C#C[Si](C)(C)C)=C(\F)CO)(c1ccccc1)c1ccccc1. The summed E-state index contributed by atoms with van der Waals surface area (Å²) in [6, 6.07) is 20.3. The van der Waals surface area contributed by atoms with E-state index in [9.17, 15) is 5.11 Å². The van der Waals surface area contributed by atoms with Gasteiger partial charge in [-0.25, -0.2) is 4.39 Å². The number of rotatable bonds is 4. The maximum atomic E-state index is 15.3. The van der Waals surface area contributed by atoms with Crippen LogP contribution in [0.1, 0.15) is 20.8 Å². The molecule has 0 fully saturated rings. The number of hydrogen-bond acceptors (Lipinski definition) is 1. The largest absolute Gasteiger partial charge is 0.389 e. The normalized spacial score (nSPS) is 13.4. The summed E-state index contributed by atoms with van der Waals surface area (Å²) < 4.78 is 15.3. The molecule has 2 rings (SSSR count). The first-order valence-electron chi connectivity index (χ1n) is 9.68. The van der Waals surface area contributed by atoms with Crippen molar-refractivity contribution < 1.29 is 9.50 Å². The first-order chi connectivity index (χ1) is 13.0. The lowest BCUT2D eigenvalue weighted by Gasteiger charge is -2.44. The van der Waals surface area contributed by atoms with E-state index in [0.29, 0.717) is 5.20 Å². The van der Waals surface area contributed by atoms with Crippen molar-refractivity contribution in [3.8, 4) is 11.5 Å².